The number of carbonyl (C=O) groups is 1. The first-order chi connectivity index (χ1) is 9.63. The van der Waals surface area contributed by atoms with Crippen molar-refractivity contribution in [2.24, 2.45) is 5.73 Å². The molecule has 0 atom stereocenters. The zero-order chi connectivity index (χ0) is 14.5. The highest BCUT2D eigenvalue weighted by atomic mass is 16.5. The lowest BCUT2D eigenvalue weighted by molar-refractivity contribution is 0.0599. The van der Waals surface area contributed by atoms with Crippen LogP contribution in [0.2, 0.25) is 0 Å². The van der Waals surface area contributed by atoms with Crippen molar-refractivity contribution in [2.45, 2.75) is 20.1 Å². The Morgan fingerprint density at radius 1 is 1.30 bits per heavy atom. The highest BCUT2D eigenvalue weighted by Gasteiger charge is 2.15. The lowest BCUT2D eigenvalue weighted by Crippen LogP contribution is -2.00. The zero-order valence-electron chi connectivity index (χ0n) is 11.5. The van der Waals surface area contributed by atoms with Crippen molar-refractivity contribution in [3.63, 3.8) is 0 Å². The predicted octanol–water partition coefficient (Wildman–Crippen LogP) is 2.41. The molecule has 0 fully saturated rings. The van der Waals surface area contributed by atoms with E-state index in [0.717, 1.165) is 11.3 Å². The Morgan fingerprint density at radius 2 is 2.00 bits per heavy atom. The van der Waals surface area contributed by atoms with Crippen LogP contribution in [0.15, 0.2) is 34.7 Å². The summed E-state index contributed by atoms with van der Waals surface area (Å²) >= 11 is 0. The number of furan rings is 1. The third-order valence-electron chi connectivity index (χ3n) is 2.91. The number of nitrogens with two attached hydrogens (primary N) is 1. The summed E-state index contributed by atoms with van der Waals surface area (Å²) < 4.78 is 15.7. The van der Waals surface area contributed by atoms with Gasteiger partial charge in [0.15, 0.2) is 0 Å². The molecule has 2 rings (SSSR count). The minimum Gasteiger partial charge on any atom is -0.486 e. The normalized spacial score (nSPS) is 10.3. The zero-order valence-corrected chi connectivity index (χ0v) is 11.5. The van der Waals surface area contributed by atoms with Gasteiger partial charge in [-0.25, -0.2) is 4.79 Å². The summed E-state index contributed by atoms with van der Waals surface area (Å²) in [4.78, 5) is 11.5. The number of aryl methyl sites for hydroxylation is 1. The van der Waals surface area contributed by atoms with Crippen molar-refractivity contribution in [1.29, 1.82) is 0 Å². The van der Waals surface area contributed by atoms with Gasteiger partial charge in [-0.3, -0.25) is 0 Å². The van der Waals surface area contributed by atoms with Crippen LogP contribution < -0.4 is 10.5 Å². The first-order valence-corrected chi connectivity index (χ1v) is 6.23. The second-order valence-electron chi connectivity index (χ2n) is 4.31. The smallest absolute Gasteiger partial charge is 0.341 e. The van der Waals surface area contributed by atoms with Crippen LogP contribution in [0.4, 0.5) is 0 Å². The Labute approximate surface area is 117 Å². The SMILES string of the molecule is COC(=O)c1cc(COc2ccc(CN)cc2)oc1C. The summed E-state index contributed by atoms with van der Waals surface area (Å²) in [7, 11) is 1.34. The summed E-state index contributed by atoms with van der Waals surface area (Å²) in [6.07, 6.45) is 0. The van der Waals surface area contributed by atoms with Gasteiger partial charge in [-0.05, 0) is 30.7 Å². The predicted molar refractivity (Wildman–Crippen MR) is 73.4 cm³/mol. The molecule has 0 amide bonds. The fourth-order valence-corrected chi connectivity index (χ4v) is 1.80. The maximum absolute atomic E-state index is 11.5. The monoisotopic (exact) mass is 275 g/mol. The third kappa shape index (κ3) is 3.19. The first kappa shape index (κ1) is 14.1. The molecule has 0 saturated heterocycles. The Balaban J connectivity index is 2.01. The molecule has 5 nitrogen and oxygen atoms in total. The van der Waals surface area contributed by atoms with E-state index >= 15 is 0 Å². The van der Waals surface area contributed by atoms with Crippen molar-refractivity contribution >= 4 is 5.97 Å². The molecule has 0 saturated carbocycles. The molecule has 5 heteroatoms. The number of methoxy groups -OCH3 is 1. The number of ether oxygens (including phenoxy) is 2. The van der Waals surface area contributed by atoms with Crippen molar-refractivity contribution in [3.05, 3.63) is 53.0 Å². The van der Waals surface area contributed by atoms with Gasteiger partial charge in [0.1, 0.15) is 29.4 Å². The molecule has 1 aromatic heterocycles. The molecule has 1 aromatic carbocycles. The molecule has 0 radical (unpaired) electrons. The summed E-state index contributed by atoms with van der Waals surface area (Å²) in [6.45, 7) is 2.46. The fraction of sp³-hybridized carbons (Fsp3) is 0.267. The first-order valence-electron chi connectivity index (χ1n) is 6.23. The topological polar surface area (TPSA) is 74.7 Å². The van der Waals surface area contributed by atoms with E-state index in [9.17, 15) is 4.79 Å². The van der Waals surface area contributed by atoms with Crippen molar-refractivity contribution < 1.29 is 18.7 Å². The van der Waals surface area contributed by atoms with Crippen molar-refractivity contribution in [1.82, 2.24) is 0 Å². The maximum Gasteiger partial charge on any atom is 0.341 e. The largest absolute Gasteiger partial charge is 0.486 e. The van der Waals surface area contributed by atoms with Gasteiger partial charge >= 0.3 is 5.97 Å². The fourth-order valence-electron chi connectivity index (χ4n) is 1.80. The molecule has 20 heavy (non-hydrogen) atoms. The third-order valence-corrected chi connectivity index (χ3v) is 2.91. The van der Waals surface area contributed by atoms with Crippen LogP contribution in [-0.4, -0.2) is 13.1 Å². The molecule has 0 spiro atoms. The van der Waals surface area contributed by atoms with Gasteiger partial charge in [0.05, 0.1) is 7.11 Å². The molecule has 2 N–H and O–H groups in total. The van der Waals surface area contributed by atoms with Gasteiger partial charge in [0.2, 0.25) is 0 Å². The van der Waals surface area contributed by atoms with E-state index in [1.165, 1.54) is 7.11 Å². The van der Waals surface area contributed by atoms with Crippen LogP contribution in [-0.2, 0) is 17.9 Å². The van der Waals surface area contributed by atoms with E-state index in [0.29, 0.717) is 23.6 Å². The molecule has 0 aliphatic carbocycles. The Morgan fingerprint density at radius 3 is 2.60 bits per heavy atom. The molecule has 0 aliphatic rings. The second-order valence-corrected chi connectivity index (χ2v) is 4.31. The highest BCUT2D eigenvalue weighted by molar-refractivity contribution is 5.90. The molecule has 0 bridgehead atoms. The molecule has 106 valence electrons. The standard InChI is InChI=1S/C15H17NO4/c1-10-14(15(17)18-2)7-13(20-10)9-19-12-5-3-11(8-16)4-6-12/h3-7H,8-9,16H2,1-2H3. The second kappa shape index (κ2) is 6.25. The molecule has 0 aliphatic heterocycles. The number of rotatable bonds is 5. The molecular formula is C15H17NO4. The van der Waals surface area contributed by atoms with E-state index in [-0.39, 0.29) is 6.61 Å². The maximum atomic E-state index is 11.5. The lowest BCUT2D eigenvalue weighted by Gasteiger charge is -2.04. The lowest BCUT2D eigenvalue weighted by atomic mass is 10.2. The van der Waals surface area contributed by atoms with Gasteiger partial charge in [-0.1, -0.05) is 12.1 Å². The molecule has 1 heterocycles. The van der Waals surface area contributed by atoms with Crippen LogP contribution >= 0.6 is 0 Å². The minimum absolute atomic E-state index is 0.250. The van der Waals surface area contributed by atoms with Crippen LogP contribution in [0.3, 0.4) is 0 Å². The van der Waals surface area contributed by atoms with E-state index in [2.05, 4.69) is 4.74 Å². The minimum atomic E-state index is -0.412. The van der Waals surface area contributed by atoms with Crippen molar-refractivity contribution in [3.8, 4) is 5.75 Å². The van der Waals surface area contributed by atoms with Gasteiger partial charge < -0.3 is 19.6 Å². The molecule has 0 unspecified atom stereocenters. The Bertz CT molecular complexity index is 586. The van der Waals surface area contributed by atoms with E-state index in [1.54, 1.807) is 13.0 Å². The number of esters is 1. The van der Waals surface area contributed by atoms with Crippen LogP contribution in [0.25, 0.3) is 0 Å². The van der Waals surface area contributed by atoms with E-state index in [1.807, 2.05) is 24.3 Å². The summed E-state index contributed by atoms with van der Waals surface area (Å²) in [5.41, 5.74) is 6.99. The van der Waals surface area contributed by atoms with Gasteiger partial charge in [-0.2, -0.15) is 0 Å². The van der Waals surface area contributed by atoms with E-state index in [4.69, 9.17) is 14.9 Å². The van der Waals surface area contributed by atoms with Crippen molar-refractivity contribution in [2.75, 3.05) is 7.11 Å². The average Bonchev–Trinajstić information content (AvgIpc) is 2.86. The number of carbonyl (C=O) groups excluding carboxylic acids is 1. The number of hydrogen-bond donors (Lipinski definition) is 1. The Hall–Kier alpha value is -2.27. The average molecular weight is 275 g/mol. The van der Waals surface area contributed by atoms with Crippen LogP contribution in [0.1, 0.15) is 27.4 Å². The van der Waals surface area contributed by atoms with Crippen LogP contribution in [0.5, 0.6) is 5.75 Å². The summed E-state index contributed by atoms with van der Waals surface area (Å²) in [5, 5.41) is 0. The van der Waals surface area contributed by atoms with Crippen LogP contribution in [0, 0.1) is 6.92 Å². The summed E-state index contributed by atoms with van der Waals surface area (Å²) in [6, 6.07) is 9.14. The number of benzene rings is 1. The Kier molecular flexibility index (Phi) is 4.42. The molecular weight excluding hydrogens is 258 g/mol. The van der Waals surface area contributed by atoms with E-state index < -0.39 is 5.97 Å². The summed E-state index contributed by atoms with van der Waals surface area (Å²) in [5.74, 6) is 1.40. The number of hydrogen-bond acceptors (Lipinski definition) is 5. The quantitative estimate of drug-likeness (QED) is 0.848. The highest BCUT2D eigenvalue weighted by Crippen LogP contribution is 2.18. The van der Waals surface area contributed by atoms with Gasteiger partial charge in [0.25, 0.3) is 0 Å². The molecule has 2 aromatic rings. The van der Waals surface area contributed by atoms with Gasteiger partial charge in [0, 0.05) is 6.54 Å². The van der Waals surface area contributed by atoms with Gasteiger partial charge in [-0.15, -0.1) is 0 Å².